The van der Waals surface area contributed by atoms with Crippen molar-refractivity contribution < 1.29 is 98.9 Å². The van der Waals surface area contributed by atoms with E-state index in [1.165, 1.54) is 0 Å². The van der Waals surface area contributed by atoms with Gasteiger partial charge < -0.3 is 50.9 Å². The van der Waals surface area contributed by atoms with Crippen LogP contribution in [0.25, 0.3) is 0 Å². The van der Waals surface area contributed by atoms with Crippen LogP contribution in [0.3, 0.4) is 0 Å². The van der Waals surface area contributed by atoms with Gasteiger partial charge in [-0.15, -0.1) is 5.92 Å². The summed E-state index contributed by atoms with van der Waals surface area (Å²) in [6.45, 7) is 11.1. The summed E-state index contributed by atoms with van der Waals surface area (Å²) in [6.07, 6.45) is 4.02. The van der Waals surface area contributed by atoms with E-state index in [9.17, 15) is 28.8 Å². The molecule has 0 unspecified atom stereocenters. The molecule has 0 aliphatic rings. The number of esters is 1. The molecule has 0 bridgehead atoms. The summed E-state index contributed by atoms with van der Waals surface area (Å²) >= 11 is 0. The minimum atomic E-state index is -0.746. The molecule has 1 aromatic rings. The first-order chi connectivity index (χ1) is 18.3. The van der Waals surface area contributed by atoms with E-state index in [0.717, 1.165) is 5.56 Å². The number of primary amides is 1. The predicted octanol–water partition coefficient (Wildman–Crippen LogP) is 4.95. The number of benzene rings is 1. The first-order valence-electron chi connectivity index (χ1n) is 12.9. The molecule has 0 fully saturated rings. The minimum absolute atomic E-state index is 0. The van der Waals surface area contributed by atoms with Crippen LogP contribution in [-0.4, -0.2) is 49.0 Å². The van der Waals surface area contributed by atoms with Crippen LogP contribution < -0.4 is 21.7 Å². The molecule has 1 rings (SSSR count). The third-order valence-corrected chi connectivity index (χ3v) is 5.38. The molecule has 0 aromatic heterocycles. The molecular formula is C32H56N4O7Y2-4. The number of nitrogens with one attached hydrogen (secondary N) is 3. The number of carbonyl (C=O) groups is 4. The second-order valence-corrected chi connectivity index (χ2v) is 9.99. The second-order valence-electron chi connectivity index (χ2n) is 9.99. The van der Waals surface area contributed by atoms with Gasteiger partial charge in [-0.05, 0) is 36.5 Å². The van der Waals surface area contributed by atoms with Crippen molar-refractivity contribution in [1.82, 2.24) is 10.6 Å². The normalized spacial score (nSPS) is 10.4. The summed E-state index contributed by atoms with van der Waals surface area (Å²) in [5.41, 5.74) is 6.36. The molecule has 2 atom stereocenters. The van der Waals surface area contributed by atoms with Crippen LogP contribution >= 0.6 is 0 Å². The SMILES string of the molecule is C.C.CC(C)C(=O)OCc1ccc(NC(=O)[C@H](CCCNC(N)=O)CC(=O)[C@@H](N[C-]=O)C(C)C)cc1.CC(C)[C-]=O.[CH3-].[CH3-].[Y].[Y]. The number of carbonyl (C=O) groups excluding carboxylic acids is 6. The van der Waals surface area contributed by atoms with Gasteiger partial charge in [-0.3, -0.25) is 20.7 Å². The van der Waals surface area contributed by atoms with Crippen LogP contribution in [0.1, 0.15) is 81.2 Å². The predicted molar refractivity (Wildman–Crippen MR) is 174 cm³/mol. The van der Waals surface area contributed by atoms with Crippen LogP contribution in [0.2, 0.25) is 0 Å². The van der Waals surface area contributed by atoms with Gasteiger partial charge in [0.2, 0.25) is 5.91 Å². The van der Waals surface area contributed by atoms with Gasteiger partial charge in [0.25, 0.3) is 0 Å². The van der Waals surface area contributed by atoms with Crippen molar-refractivity contribution in [3.8, 4) is 0 Å². The molecule has 0 spiro atoms. The molecule has 2 radical (unpaired) electrons. The number of amides is 4. The zero-order valence-electron chi connectivity index (χ0n) is 26.8. The van der Waals surface area contributed by atoms with E-state index >= 15 is 0 Å². The fraction of sp³-hybridized carbons (Fsp3) is 0.562. The molecule has 11 nitrogen and oxygen atoms in total. The molecule has 0 aliphatic heterocycles. The van der Waals surface area contributed by atoms with Crippen molar-refractivity contribution in [2.75, 3.05) is 11.9 Å². The Balaban J connectivity index is -0.000000243. The Morgan fingerprint density at radius 1 is 0.911 bits per heavy atom. The molecule has 0 aliphatic carbocycles. The van der Waals surface area contributed by atoms with Crippen molar-refractivity contribution >= 4 is 42.1 Å². The van der Waals surface area contributed by atoms with Gasteiger partial charge >= 0.3 is 12.0 Å². The van der Waals surface area contributed by atoms with Crippen LogP contribution in [0, 0.1) is 38.5 Å². The van der Waals surface area contributed by atoms with Crippen LogP contribution in [0.15, 0.2) is 24.3 Å². The van der Waals surface area contributed by atoms with Gasteiger partial charge in [0, 0.05) is 90.0 Å². The summed E-state index contributed by atoms with van der Waals surface area (Å²) in [5, 5.41) is 7.65. The van der Waals surface area contributed by atoms with Gasteiger partial charge in [-0.25, -0.2) is 4.79 Å². The number of urea groups is 1. The second kappa shape index (κ2) is 33.8. The van der Waals surface area contributed by atoms with Crippen molar-refractivity contribution in [3.05, 3.63) is 44.7 Å². The summed E-state index contributed by atoms with van der Waals surface area (Å²) < 4.78 is 5.19. The molecule has 1 aromatic carbocycles. The number of ketones is 1. The Bertz CT molecular complexity index is 944. The largest absolute Gasteiger partial charge is 0.542 e. The Morgan fingerprint density at radius 3 is 1.82 bits per heavy atom. The van der Waals surface area contributed by atoms with Crippen molar-refractivity contribution in [3.63, 3.8) is 0 Å². The quantitative estimate of drug-likeness (QED) is 0.0795. The van der Waals surface area contributed by atoms with Crippen molar-refractivity contribution in [1.29, 1.82) is 0 Å². The average Bonchev–Trinajstić information content (AvgIpc) is 2.88. The smallest absolute Gasteiger partial charge is 0.312 e. The van der Waals surface area contributed by atoms with Crippen LogP contribution in [0.5, 0.6) is 0 Å². The fourth-order valence-corrected chi connectivity index (χ4v) is 3.19. The first-order valence-corrected chi connectivity index (χ1v) is 12.9. The van der Waals surface area contributed by atoms with Crippen molar-refractivity contribution in [2.24, 2.45) is 29.4 Å². The zero-order chi connectivity index (χ0) is 30.0. The summed E-state index contributed by atoms with van der Waals surface area (Å²) in [5.74, 6) is -1.90. The molecule has 0 saturated carbocycles. The number of nitrogens with two attached hydrogens (primary N) is 1. The monoisotopic (exact) mass is 786 g/mol. The Morgan fingerprint density at radius 2 is 1.42 bits per heavy atom. The number of Topliss-reactive ketones (excluding diaryl/α,β-unsaturated/α-hetero) is 1. The molecule has 45 heavy (non-hydrogen) atoms. The first kappa shape index (κ1) is 58.9. The molecular weight excluding hydrogens is 730 g/mol. The molecule has 0 saturated heterocycles. The maximum Gasteiger partial charge on any atom is 0.312 e. The van der Waals surface area contributed by atoms with Crippen LogP contribution in [-0.2, 0) is 101 Å². The number of anilines is 1. The number of ether oxygens (including phenoxy) is 1. The topological polar surface area (TPSA) is 174 Å². The third kappa shape index (κ3) is 28.4. The third-order valence-electron chi connectivity index (χ3n) is 5.38. The van der Waals surface area contributed by atoms with Gasteiger partial charge in [-0.2, -0.15) is 6.41 Å². The number of hydrogen-bond acceptors (Lipinski definition) is 7. The molecule has 13 heteroatoms. The van der Waals surface area contributed by atoms with E-state index in [1.807, 2.05) is 0 Å². The Hall–Kier alpha value is -1.55. The van der Waals surface area contributed by atoms with Gasteiger partial charge in [0.15, 0.2) is 5.78 Å². The standard InChI is InChI=1S/C24H35N4O6.C4H7O.2CH4.2CH3.2Y/c1-15(2)21(27-14-29)20(30)12-18(6-5-11-26-24(25)33)22(31)28-19-9-7-17(8-10-19)13-34-23(32)16(3)4;1-4(2)3-5;;;;;;/h7-10,15-16,18,21H,5-6,11-13H2,1-4H3,(H,27,29)(H,28,31)(H3,25,26,33);4H,1-2H3;2*1H4;2*1H3;;/q2*-1;;;2*-1;;/t18-,21+;;;;;;;/m1......./s1. The zero-order valence-corrected chi connectivity index (χ0v) is 32.5. The average molecular weight is 787 g/mol. The minimum Gasteiger partial charge on any atom is -0.542 e. The number of rotatable bonds is 16. The van der Waals surface area contributed by atoms with E-state index < -0.39 is 18.0 Å². The Labute approximate surface area is 323 Å². The van der Waals surface area contributed by atoms with Crippen molar-refractivity contribution in [2.45, 2.75) is 88.3 Å². The Kier molecular flexibility index (Phi) is 44.3. The van der Waals surface area contributed by atoms with Gasteiger partial charge in [0.05, 0.1) is 12.0 Å². The van der Waals surface area contributed by atoms with E-state index in [4.69, 9.17) is 10.5 Å². The maximum atomic E-state index is 13.0. The van der Waals surface area contributed by atoms with Gasteiger partial charge in [-0.1, -0.05) is 68.5 Å². The van der Waals surface area contributed by atoms with E-state index in [1.54, 1.807) is 78.5 Å². The van der Waals surface area contributed by atoms with E-state index in [0.29, 0.717) is 18.5 Å². The molecule has 5 N–H and O–H groups in total. The van der Waals surface area contributed by atoms with E-state index in [-0.39, 0.29) is 150 Å². The molecule has 256 valence electrons. The number of hydrogen-bond donors (Lipinski definition) is 4. The molecule has 0 heterocycles. The van der Waals surface area contributed by atoms with Crippen LogP contribution in [0.4, 0.5) is 10.5 Å². The summed E-state index contributed by atoms with van der Waals surface area (Å²) in [6, 6.07) is 5.43. The molecule has 4 amide bonds. The summed E-state index contributed by atoms with van der Waals surface area (Å²) in [4.78, 5) is 68.3. The van der Waals surface area contributed by atoms with E-state index in [2.05, 4.69) is 16.0 Å². The van der Waals surface area contributed by atoms with Gasteiger partial charge in [0.1, 0.15) is 6.61 Å². The fourth-order valence-electron chi connectivity index (χ4n) is 3.19. The summed E-state index contributed by atoms with van der Waals surface area (Å²) in [7, 11) is 0. The maximum absolute atomic E-state index is 13.0.